The normalized spacial score (nSPS) is 14.4. The van der Waals surface area contributed by atoms with Crippen molar-refractivity contribution in [2.45, 2.75) is 25.8 Å². The molecule has 0 unspecified atom stereocenters. The molecule has 8 nitrogen and oxygen atoms in total. The number of carboxylic acids is 1. The summed E-state index contributed by atoms with van der Waals surface area (Å²) in [5, 5.41) is 13.0. The van der Waals surface area contributed by atoms with E-state index in [9.17, 15) is 9.59 Å². The van der Waals surface area contributed by atoms with Gasteiger partial charge in [0.05, 0.1) is 0 Å². The van der Waals surface area contributed by atoms with Crippen molar-refractivity contribution in [2.75, 3.05) is 6.54 Å². The van der Waals surface area contributed by atoms with Crippen LogP contribution in [0.5, 0.6) is 0 Å². The van der Waals surface area contributed by atoms with Crippen molar-refractivity contribution in [3.05, 3.63) is 23.8 Å². The average molecular weight is 275 g/mol. The second-order valence-corrected chi connectivity index (χ2v) is 4.79. The first kappa shape index (κ1) is 12.5. The van der Waals surface area contributed by atoms with E-state index in [1.54, 1.807) is 12.3 Å². The van der Waals surface area contributed by atoms with Crippen LogP contribution in [0.25, 0.3) is 5.78 Å². The minimum Gasteiger partial charge on any atom is -0.480 e. The molecule has 1 aliphatic rings. The molecule has 1 amide bonds. The lowest BCUT2D eigenvalue weighted by molar-refractivity contribution is -0.137. The highest BCUT2D eigenvalue weighted by molar-refractivity contribution is 5.93. The molecule has 2 aromatic heterocycles. The van der Waals surface area contributed by atoms with Gasteiger partial charge in [0, 0.05) is 17.9 Å². The Bertz CT molecular complexity index is 691. The molecule has 0 saturated heterocycles. The van der Waals surface area contributed by atoms with Crippen LogP contribution in [-0.4, -0.2) is 54.1 Å². The van der Waals surface area contributed by atoms with Crippen molar-refractivity contribution in [1.29, 1.82) is 0 Å². The van der Waals surface area contributed by atoms with Gasteiger partial charge in [-0.25, -0.2) is 9.50 Å². The van der Waals surface area contributed by atoms with Gasteiger partial charge in [-0.2, -0.15) is 4.98 Å². The summed E-state index contributed by atoms with van der Waals surface area (Å²) in [4.78, 5) is 32.6. The van der Waals surface area contributed by atoms with Gasteiger partial charge in [0.2, 0.25) is 5.82 Å². The van der Waals surface area contributed by atoms with Gasteiger partial charge in [-0.15, -0.1) is 5.10 Å². The molecule has 2 heterocycles. The third-order valence-corrected chi connectivity index (χ3v) is 3.18. The molecule has 0 bridgehead atoms. The van der Waals surface area contributed by atoms with E-state index >= 15 is 0 Å². The molecular weight excluding hydrogens is 262 g/mol. The fourth-order valence-electron chi connectivity index (χ4n) is 2.02. The van der Waals surface area contributed by atoms with E-state index in [0.717, 1.165) is 18.5 Å². The van der Waals surface area contributed by atoms with Crippen molar-refractivity contribution in [2.24, 2.45) is 0 Å². The van der Waals surface area contributed by atoms with E-state index in [1.807, 2.05) is 6.92 Å². The number of carbonyl (C=O) groups excluding carboxylic acids is 1. The summed E-state index contributed by atoms with van der Waals surface area (Å²) in [7, 11) is 0. The number of carbonyl (C=O) groups is 2. The van der Waals surface area contributed by atoms with E-state index in [0.29, 0.717) is 5.78 Å². The van der Waals surface area contributed by atoms with Crippen LogP contribution in [0.2, 0.25) is 0 Å². The van der Waals surface area contributed by atoms with Crippen LogP contribution in [-0.2, 0) is 4.79 Å². The number of aliphatic carboxylic acids is 1. The molecule has 1 aliphatic carbocycles. The number of carboxylic acid groups (broad SMARTS) is 1. The number of aromatic nitrogens is 4. The maximum absolute atomic E-state index is 12.3. The van der Waals surface area contributed by atoms with Gasteiger partial charge in [-0.3, -0.25) is 9.59 Å². The van der Waals surface area contributed by atoms with Crippen molar-refractivity contribution in [3.63, 3.8) is 0 Å². The number of aryl methyl sites for hydroxylation is 1. The summed E-state index contributed by atoms with van der Waals surface area (Å²) in [6, 6.07) is 1.74. The summed E-state index contributed by atoms with van der Waals surface area (Å²) in [6.45, 7) is 1.50. The maximum Gasteiger partial charge on any atom is 0.323 e. The molecule has 0 atom stereocenters. The van der Waals surface area contributed by atoms with E-state index in [4.69, 9.17) is 5.11 Å². The van der Waals surface area contributed by atoms with Gasteiger partial charge in [0.1, 0.15) is 6.54 Å². The molecule has 0 radical (unpaired) electrons. The highest BCUT2D eigenvalue weighted by atomic mass is 16.4. The Kier molecular flexibility index (Phi) is 2.85. The van der Waals surface area contributed by atoms with Crippen molar-refractivity contribution >= 4 is 17.7 Å². The summed E-state index contributed by atoms with van der Waals surface area (Å²) in [5.74, 6) is -1.18. The molecule has 0 aromatic carbocycles. The molecule has 1 saturated carbocycles. The molecule has 104 valence electrons. The fraction of sp³-hybridized carbons (Fsp3) is 0.417. The Morgan fingerprint density at radius 2 is 2.25 bits per heavy atom. The largest absolute Gasteiger partial charge is 0.480 e. The summed E-state index contributed by atoms with van der Waals surface area (Å²) in [6.07, 6.45) is 3.23. The molecule has 0 aliphatic heterocycles. The van der Waals surface area contributed by atoms with Gasteiger partial charge in [-0.05, 0) is 25.8 Å². The molecule has 1 N–H and O–H groups in total. The van der Waals surface area contributed by atoms with Crippen LogP contribution < -0.4 is 0 Å². The van der Waals surface area contributed by atoms with Crippen molar-refractivity contribution in [3.8, 4) is 0 Å². The standard InChI is InChI=1S/C12H13N5O3/c1-7-4-5-13-12-14-10(15-17(7)12)11(20)16(6-9(18)19)8-2-3-8/h4-5,8H,2-3,6H2,1H3,(H,18,19). The first-order valence-electron chi connectivity index (χ1n) is 6.27. The number of hydrogen-bond donors (Lipinski definition) is 1. The topological polar surface area (TPSA) is 101 Å². The lowest BCUT2D eigenvalue weighted by Gasteiger charge is -2.17. The van der Waals surface area contributed by atoms with Crippen LogP contribution in [0.3, 0.4) is 0 Å². The SMILES string of the molecule is Cc1ccnc2nc(C(=O)N(CC(=O)O)C3CC3)nn12. The average Bonchev–Trinajstić information content (AvgIpc) is 3.14. The monoisotopic (exact) mass is 275 g/mol. The van der Waals surface area contributed by atoms with Crippen LogP contribution in [0.15, 0.2) is 12.3 Å². The smallest absolute Gasteiger partial charge is 0.323 e. The Morgan fingerprint density at radius 1 is 1.50 bits per heavy atom. The van der Waals surface area contributed by atoms with E-state index in [2.05, 4.69) is 15.1 Å². The van der Waals surface area contributed by atoms with Gasteiger partial charge < -0.3 is 10.0 Å². The Hall–Kier alpha value is -2.51. The van der Waals surface area contributed by atoms with Crippen LogP contribution >= 0.6 is 0 Å². The third-order valence-electron chi connectivity index (χ3n) is 3.18. The quantitative estimate of drug-likeness (QED) is 0.850. The lowest BCUT2D eigenvalue weighted by Crippen LogP contribution is -2.38. The van der Waals surface area contributed by atoms with Crippen molar-refractivity contribution < 1.29 is 14.7 Å². The third kappa shape index (κ3) is 2.20. The molecule has 3 rings (SSSR count). The lowest BCUT2D eigenvalue weighted by atomic mass is 10.4. The first-order chi connectivity index (χ1) is 9.56. The van der Waals surface area contributed by atoms with Gasteiger partial charge in [0.15, 0.2) is 0 Å². The van der Waals surface area contributed by atoms with E-state index < -0.39 is 11.9 Å². The Balaban J connectivity index is 1.94. The molecular formula is C12H13N5O3. The maximum atomic E-state index is 12.3. The number of nitrogens with zero attached hydrogens (tertiary/aromatic N) is 5. The van der Waals surface area contributed by atoms with Crippen molar-refractivity contribution in [1.82, 2.24) is 24.5 Å². The first-order valence-corrected chi connectivity index (χ1v) is 6.27. The number of amides is 1. The zero-order valence-corrected chi connectivity index (χ0v) is 10.9. The second-order valence-electron chi connectivity index (χ2n) is 4.79. The van der Waals surface area contributed by atoms with Crippen LogP contribution in [0.4, 0.5) is 0 Å². The van der Waals surface area contributed by atoms with Crippen LogP contribution in [0, 0.1) is 6.92 Å². The number of rotatable bonds is 4. The highest BCUT2D eigenvalue weighted by Gasteiger charge is 2.36. The minimum atomic E-state index is -1.04. The highest BCUT2D eigenvalue weighted by Crippen LogP contribution is 2.27. The van der Waals surface area contributed by atoms with E-state index in [1.165, 1.54) is 9.42 Å². The zero-order valence-electron chi connectivity index (χ0n) is 10.9. The Labute approximate surface area is 114 Å². The van der Waals surface area contributed by atoms with Gasteiger partial charge >= 0.3 is 5.97 Å². The summed E-state index contributed by atoms with van der Waals surface area (Å²) >= 11 is 0. The Morgan fingerprint density at radius 3 is 2.85 bits per heavy atom. The van der Waals surface area contributed by atoms with Gasteiger partial charge in [0.25, 0.3) is 11.7 Å². The number of hydrogen-bond acceptors (Lipinski definition) is 5. The van der Waals surface area contributed by atoms with Crippen LogP contribution in [0.1, 0.15) is 29.2 Å². The molecule has 2 aromatic rings. The molecule has 8 heteroatoms. The molecule has 0 spiro atoms. The summed E-state index contributed by atoms with van der Waals surface area (Å²) < 4.78 is 1.47. The predicted molar refractivity (Wildman–Crippen MR) is 67.2 cm³/mol. The summed E-state index contributed by atoms with van der Waals surface area (Å²) in [5.41, 5.74) is 0.803. The zero-order chi connectivity index (χ0) is 14.3. The molecule has 1 fully saturated rings. The molecule has 20 heavy (non-hydrogen) atoms. The number of fused-ring (bicyclic) bond motifs is 1. The second kappa shape index (κ2) is 4.55. The van der Waals surface area contributed by atoms with E-state index in [-0.39, 0.29) is 18.4 Å². The fourth-order valence-corrected chi connectivity index (χ4v) is 2.02. The predicted octanol–water partition coefficient (Wildman–Crippen LogP) is 0.122. The van der Waals surface area contributed by atoms with Gasteiger partial charge in [-0.1, -0.05) is 0 Å². The minimum absolute atomic E-state index is 0.0139.